The van der Waals surface area contributed by atoms with E-state index < -0.39 is 0 Å². The summed E-state index contributed by atoms with van der Waals surface area (Å²) in [5, 5.41) is 0. The number of benzene rings is 4. The summed E-state index contributed by atoms with van der Waals surface area (Å²) in [6.45, 7) is 2.18. The van der Waals surface area contributed by atoms with E-state index in [4.69, 9.17) is 14.2 Å². The van der Waals surface area contributed by atoms with Gasteiger partial charge in [-0.25, -0.2) is 4.79 Å². The van der Waals surface area contributed by atoms with Crippen molar-refractivity contribution in [3.8, 4) is 22.6 Å². The first kappa shape index (κ1) is 23.1. The number of fused-ring (bicyclic) bond motifs is 1. The molecule has 4 aromatic rings. The van der Waals surface area contributed by atoms with Crippen LogP contribution in [0.3, 0.4) is 0 Å². The molecule has 0 unspecified atom stereocenters. The van der Waals surface area contributed by atoms with Crippen LogP contribution in [0.25, 0.3) is 17.2 Å². The third-order valence-electron chi connectivity index (χ3n) is 6.04. The van der Waals surface area contributed by atoms with Crippen LogP contribution in [0.4, 0.5) is 0 Å². The van der Waals surface area contributed by atoms with Crippen molar-refractivity contribution in [1.29, 1.82) is 0 Å². The Kier molecular flexibility index (Phi) is 6.37. The zero-order valence-corrected chi connectivity index (χ0v) is 20.0. The van der Waals surface area contributed by atoms with Crippen LogP contribution in [0.15, 0.2) is 96.8 Å². The van der Waals surface area contributed by atoms with Crippen molar-refractivity contribution in [1.82, 2.24) is 0 Å². The largest absolute Gasteiger partial charge is 0.489 e. The number of esters is 1. The van der Waals surface area contributed by atoms with Crippen LogP contribution in [0.2, 0.25) is 0 Å². The molecule has 4 aromatic carbocycles. The van der Waals surface area contributed by atoms with Gasteiger partial charge in [0.1, 0.15) is 18.1 Å². The summed E-state index contributed by atoms with van der Waals surface area (Å²) in [5.74, 6) is 0.859. The van der Waals surface area contributed by atoms with Gasteiger partial charge in [0.2, 0.25) is 5.78 Å². The number of rotatable bonds is 6. The highest BCUT2D eigenvalue weighted by atomic mass is 16.5. The van der Waals surface area contributed by atoms with Gasteiger partial charge >= 0.3 is 5.97 Å². The van der Waals surface area contributed by atoms with Crippen LogP contribution in [0.1, 0.15) is 37.4 Å². The quantitative estimate of drug-likeness (QED) is 0.230. The van der Waals surface area contributed by atoms with Gasteiger partial charge in [-0.1, -0.05) is 66.7 Å². The van der Waals surface area contributed by atoms with Crippen LogP contribution in [-0.2, 0) is 11.3 Å². The van der Waals surface area contributed by atoms with Crippen molar-refractivity contribution in [3.05, 3.63) is 125 Å². The molecule has 0 N–H and O–H groups in total. The summed E-state index contributed by atoms with van der Waals surface area (Å²) in [6, 6.07) is 28.7. The van der Waals surface area contributed by atoms with Crippen molar-refractivity contribution >= 4 is 17.8 Å². The fraction of sp³-hybridized carbons (Fsp3) is 0.0968. The molecule has 0 spiro atoms. The molecular weight excluding hydrogens is 452 g/mol. The summed E-state index contributed by atoms with van der Waals surface area (Å²) in [6.07, 6.45) is 1.76. The highest BCUT2D eigenvalue weighted by Crippen LogP contribution is 2.38. The van der Waals surface area contributed by atoms with Gasteiger partial charge in [-0.3, -0.25) is 4.79 Å². The number of hydrogen-bond acceptors (Lipinski definition) is 5. The lowest BCUT2D eigenvalue weighted by molar-refractivity contribution is 0.0600. The number of Topliss-reactive ketones (excluding diaryl/α,β-unsaturated/α-hetero) is 1. The molecule has 0 fully saturated rings. The number of methoxy groups -OCH3 is 1. The zero-order valence-electron chi connectivity index (χ0n) is 20.0. The van der Waals surface area contributed by atoms with E-state index in [1.54, 1.807) is 24.3 Å². The Morgan fingerprint density at radius 3 is 2.28 bits per heavy atom. The van der Waals surface area contributed by atoms with Crippen molar-refractivity contribution < 1.29 is 23.8 Å². The average Bonchev–Trinajstić information content (AvgIpc) is 3.23. The Balaban J connectivity index is 1.30. The standard InChI is InChI=1S/C31H24O5/c1-20-16-26(35-19-22-10-14-25(15-11-22)31(33)34-2)18-27-29(20)30(32)28(36-27)17-21-8-12-24(13-9-21)23-6-4-3-5-7-23/h3-18H,19H2,1-2H3/b28-17-. The van der Waals surface area contributed by atoms with Crippen molar-refractivity contribution in [2.75, 3.05) is 7.11 Å². The smallest absolute Gasteiger partial charge is 0.337 e. The highest BCUT2D eigenvalue weighted by Gasteiger charge is 2.30. The molecule has 1 aliphatic heterocycles. The number of ether oxygens (including phenoxy) is 3. The van der Waals surface area contributed by atoms with E-state index in [2.05, 4.69) is 12.1 Å². The van der Waals surface area contributed by atoms with Crippen molar-refractivity contribution in [2.45, 2.75) is 13.5 Å². The van der Waals surface area contributed by atoms with E-state index in [1.165, 1.54) is 7.11 Å². The average molecular weight is 477 g/mol. The van der Waals surface area contributed by atoms with E-state index in [0.29, 0.717) is 29.2 Å². The summed E-state index contributed by atoms with van der Waals surface area (Å²) in [5.41, 5.74) is 5.86. The molecule has 1 aliphatic rings. The summed E-state index contributed by atoms with van der Waals surface area (Å²) < 4.78 is 16.6. The van der Waals surface area contributed by atoms with Crippen molar-refractivity contribution in [3.63, 3.8) is 0 Å². The number of hydrogen-bond donors (Lipinski definition) is 0. The highest BCUT2D eigenvalue weighted by molar-refractivity contribution is 6.15. The Bertz CT molecular complexity index is 1450. The summed E-state index contributed by atoms with van der Waals surface area (Å²) >= 11 is 0. The predicted octanol–water partition coefficient (Wildman–Crippen LogP) is 6.64. The minimum Gasteiger partial charge on any atom is -0.489 e. The first-order valence-electron chi connectivity index (χ1n) is 11.6. The predicted molar refractivity (Wildman–Crippen MR) is 138 cm³/mol. The molecule has 178 valence electrons. The van der Waals surface area contributed by atoms with Gasteiger partial charge in [-0.15, -0.1) is 0 Å². The van der Waals surface area contributed by atoms with Gasteiger partial charge in [0.05, 0.1) is 18.2 Å². The third-order valence-corrected chi connectivity index (χ3v) is 6.04. The van der Waals surface area contributed by atoms with Crippen LogP contribution in [0, 0.1) is 6.92 Å². The first-order chi connectivity index (χ1) is 17.5. The fourth-order valence-corrected chi connectivity index (χ4v) is 4.14. The van der Waals surface area contributed by atoms with Crippen LogP contribution >= 0.6 is 0 Å². The van der Waals surface area contributed by atoms with Gasteiger partial charge in [0, 0.05) is 6.07 Å². The second kappa shape index (κ2) is 9.92. The number of carbonyl (C=O) groups excluding carboxylic acids is 2. The lowest BCUT2D eigenvalue weighted by Crippen LogP contribution is -2.02. The SMILES string of the molecule is COC(=O)c1ccc(COc2cc(C)c3c(c2)O/C(=C\c2ccc(-c4ccccc4)cc2)C3=O)cc1. The third kappa shape index (κ3) is 4.77. The van der Waals surface area contributed by atoms with Crippen molar-refractivity contribution in [2.24, 2.45) is 0 Å². The van der Waals surface area contributed by atoms with E-state index in [9.17, 15) is 9.59 Å². The van der Waals surface area contributed by atoms with Gasteiger partial charge in [-0.2, -0.15) is 0 Å². The Labute approximate surface area is 209 Å². The first-order valence-corrected chi connectivity index (χ1v) is 11.6. The molecule has 0 radical (unpaired) electrons. The summed E-state index contributed by atoms with van der Waals surface area (Å²) in [7, 11) is 1.35. The molecule has 5 heteroatoms. The number of allylic oxidation sites excluding steroid dienone is 1. The van der Waals surface area contributed by atoms with E-state index in [-0.39, 0.29) is 17.5 Å². The monoisotopic (exact) mass is 476 g/mol. The molecule has 5 nitrogen and oxygen atoms in total. The van der Waals surface area contributed by atoms with Gasteiger partial charge in [0.25, 0.3) is 0 Å². The molecule has 0 saturated carbocycles. The Morgan fingerprint density at radius 1 is 0.889 bits per heavy atom. The molecule has 0 saturated heterocycles. The Hall–Kier alpha value is -4.64. The number of ketones is 1. The number of carbonyl (C=O) groups is 2. The molecular formula is C31H24O5. The van der Waals surface area contributed by atoms with Gasteiger partial charge in [-0.05, 0) is 59.0 Å². The van der Waals surface area contributed by atoms with Crippen LogP contribution in [0.5, 0.6) is 11.5 Å². The van der Waals surface area contributed by atoms with E-state index >= 15 is 0 Å². The van der Waals surface area contributed by atoms with Crippen LogP contribution < -0.4 is 9.47 Å². The van der Waals surface area contributed by atoms with E-state index in [0.717, 1.165) is 27.8 Å². The molecule has 5 rings (SSSR count). The molecule has 0 amide bonds. The normalized spacial score (nSPS) is 13.3. The van der Waals surface area contributed by atoms with Gasteiger partial charge in [0.15, 0.2) is 5.76 Å². The summed E-state index contributed by atoms with van der Waals surface area (Å²) in [4.78, 5) is 24.6. The molecule has 1 heterocycles. The van der Waals surface area contributed by atoms with E-state index in [1.807, 2.05) is 67.6 Å². The molecule has 0 bridgehead atoms. The van der Waals surface area contributed by atoms with Gasteiger partial charge < -0.3 is 14.2 Å². The minimum absolute atomic E-state index is 0.139. The maximum absolute atomic E-state index is 13.0. The van der Waals surface area contributed by atoms with Crippen LogP contribution in [-0.4, -0.2) is 18.9 Å². The Morgan fingerprint density at radius 2 is 1.58 bits per heavy atom. The fourth-order valence-electron chi connectivity index (χ4n) is 4.14. The second-order valence-corrected chi connectivity index (χ2v) is 8.52. The lowest BCUT2D eigenvalue weighted by atomic mass is 10.0. The minimum atomic E-state index is -0.380. The number of aryl methyl sites for hydroxylation is 1. The maximum Gasteiger partial charge on any atom is 0.337 e. The molecule has 36 heavy (non-hydrogen) atoms. The molecule has 0 atom stereocenters. The molecule has 0 aliphatic carbocycles. The topological polar surface area (TPSA) is 61.8 Å². The zero-order chi connectivity index (χ0) is 25.1. The molecule has 0 aromatic heterocycles. The lowest BCUT2D eigenvalue weighted by Gasteiger charge is -2.09. The second-order valence-electron chi connectivity index (χ2n) is 8.52. The maximum atomic E-state index is 13.0.